The van der Waals surface area contributed by atoms with Gasteiger partial charge in [-0.2, -0.15) is 5.26 Å². The molecule has 0 spiro atoms. The lowest BCUT2D eigenvalue weighted by atomic mass is 10.1. The fraction of sp³-hybridized carbons (Fsp3) is 0.174. The van der Waals surface area contributed by atoms with E-state index in [-0.39, 0.29) is 16.3 Å². The number of aryl methyl sites for hydroxylation is 1. The standard InChI is InChI=1S/C23H22ClN3O4S2/c24-20-9-8-19(22(15-20)31-12-10-17-4-3-5-18(14-17)16-25)11-13-32(28)27-21-6-1-2-7-23(21)33(26,29)30/h1-9,14-15,27H,10-13H2,(H2,26,29,30). The van der Waals surface area contributed by atoms with Gasteiger partial charge in [-0.25, -0.2) is 17.8 Å². The third kappa shape index (κ3) is 7.30. The third-order valence-electron chi connectivity index (χ3n) is 4.71. The number of nitrogens with one attached hydrogen (secondary N) is 1. The molecular weight excluding hydrogens is 482 g/mol. The zero-order chi connectivity index (χ0) is 23.8. The molecule has 3 aromatic rings. The molecule has 0 bridgehead atoms. The summed E-state index contributed by atoms with van der Waals surface area (Å²) in [5, 5.41) is 14.8. The smallest absolute Gasteiger partial charge is 0.240 e. The van der Waals surface area contributed by atoms with Gasteiger partial charge in [0.15, 0.2) is 0 Å². The Morgan fingerprint density at radius 1 is 1.06 bits per heavy atom. The summed E-state index contributed by atoms with van der Waals surface area (Å²) in [7, 11) is -5.50. The van der Waals surface area contributed by atoms with Gasteiger partial charge in [-0.1, -0.05) is 41.9 Å². The maximum Gasteiger partial charge on any atom is 0.240 e. The lowest BCUT2D eigenvalue weighted by Crippen LogP contribution is -2.17. The Morgan fingerprint density at radius 2 is 1.85 bits per heavy atom. The van der Waals surface area contributed by atoms with Crippen molar-refractivity contribution in [2.24, 2.45) is 5.14 Å². The molecule has 0 aliphatic heterocycles. The lowest BCUT2D eigenvalue weighted by molar-refractivity contribution is 0.319. The number of anilines is 1. The third-order valence-corrected chi connectivity index (χ3v) is 6.93. The number of halogens is 1. The monoisotopic (exact) mass is 503 g/mol. The van der Waals surface area contributed by atoms with E-state index >= 15 is 0 Å². The van der Waals surface area contributed by atoms with Crippen LogP contribution in [0.15, 0.2) is 71.6 Å². The van der Waals surface area contributed by atoms with Gasteiger partial charge in [0.25, 0.3) is 0 Å². The van der Waals surface area contributed by atoms with Crippen LogP contribution < -0.4 is 14.6 Å². The Hall–Kier alpha value is -2.90. The van der Waals surface area contributed by atoms with E-state index in [1.54, 1.807) is 30.3 Å². The first-order valence-corrected chi connectivity index (χ1v) is 13.2. The van der Waals surface area contributed by atoms with Crippen LogP contribution >= 0.6 is 11.6 Å². The van der Waals surface area contributed by atoms with Crippen LogP contribution in [0, 0.1) is 11.3 Å². The number of benzene rings is 3. The van der Waals surface area contributed by atoms with Gasteiger partial charge in [-0.05, 0) is 53.9 Å². The van der Waals surface area contributed by atoms with Gasteiger partial charge in [0, 0.05) is 17.2 Å². The SMILES string of the molecule is N#Cc1cccc(CCOc2cc(Cl)ccc2CCS(=O)Nc2ccccc2S(N)(=O)=O)c1. The molecule has 0 saturated carbocycles. The second kappa shape index (κ2) is 11.3. The molecule has 0 heterocycles. The van der Waals surface area contributed by atoms with Gasteiger partial charge in [0.2, 0.25) is 10.0 Å². The van der Waals surface area contributed by atoms with E-state index in [1.165, 1.54) is 12.1 Å². The molecular formula is C23H22ClN3O4S2. The van der Waals surface area contributed by atoms with Crippen molar-refractivity contribution in [2.75, 3.05) is 17.1 Å². The lowest BCUT2D eigenvalue weighted by Gasteiger charge is -2.13. The van der Waals surface area contributed by atoms with Crippen molar-refractivity contribution in [3.8, 4) is 11.8 Å². The summed E-state index contributed by atoms with van der Waals surface area (Å²) in [5.74, 6) is 0.794. The number of primary sulfonamides is 1. The van der Waals surface area contributed by atoms with E-state index in [9.17, 15) is 12.6 Å². The van der Waals surface area contributed by atoms with E-state index in [0.717, 1.165) is 11.1 Å². The van der Waals surface area contributed by atoms with Gasteiger partial charge in [-0.15, -0.1) is 0 Å². The predicted octanol–water partition coefficient (Wildman–Crippen LogP) is 3.80. The summed E-state index contributed by atoms with van der Waals surface area (Å²) >= 11 is 6.13. The van der Waals surface area contributed by atoms with Crippen molar-refractivity contribution in [3.05, 3.63) is 88.4 Å². The van der Waals surface area contributed by atoms with Gasteiger partial charge in [0.1, 0.15) is 21.6 Å². The highest BCUT2D eigenvalue weighted by atomic mass is 35.5. The Kier molecular flexibility index (Phi) is 8.47. The zero-order valence-corrected chi connectivity index (χ0v) is 19.9. The molecule has 7 nitrogen and oxygen atoms in total. The first-order chi connectivity index (χ1) is 15.8. The number of hydrogen-bond acceptors (Lipinski definition) is 5. The molecule has 0 amide bonds. The number of ether oxygens (including phenoxy) is 1. The number of nitrogens with two attached hydrogens (primary N) is 1. The van der Waals surface area contributed by atoms with Crippen molar-refractivity contribution >= 4 is 38.3 Å². The first kappa shape index (κ1) is 24.7. The maximum absolute atomic E-state index is 12.6. The fourth-order valence-corrected chi connectivity index (χ4v) is 4.97. The molecule has 172 valence electrons. The maximum atomic E-state index is 12.6. The van der Waals surface area contributed by atoms with Crippen LogP contribution in [0.3, 0.4) is 0 Å². The van der Waals surface area contributed by atoms with E-state index in [0.29, 0.717) is 35.8 Å². The van der Waals surface area contributed by atoms with E-state index < -0.39 is 21.0 Å². The van der Waals surface area contributed by atoms with Crippen LogP contribution in [0.25, 0.3) is 0 Å². The molecule has 1 unspecified atom stereocenters. The van der Waals surface area contributed by atoms with Gasteiger partial charge in [0.05, 0.1) is 23.9 Å². The van der Waals surface area contributed by atoms with Gasteiger partial charge < -0.3 is 9.46 Å². The zero-order valence-electron chi connectivity index (χ0n) is 17.5. The number of rotatable bonds is 10. The second-order valence-corrected chi connectivity index (χ2v) is 10.4. The minimum absolute atomic E-state index is 0.116. The highest BCUT2D eigenvalue weighted by Gasteiger charge is 2.15. The highest BCUT2D eigenvalue weighted by Crippen LogP contribution is 2.25. The molecule has 0 aliphatic rings. The van der Waals surface area contributed by atoms with Crippen molar-refractivity contribution in [1.29, 1.82) is 5.26 Å². The van der Waals surface area contributed by atoms with Crippen LogP contribution in [0.4, 0.5) is 5.69 Å². The molecule has 33 heavy (non-hydrogen) atoms. The van der Waals surface area contributed by atoms with Crippen molar-refractivity contribution in [2.45, 2.75) is 17.7 Å². The van der Waals surface area contributed by atoms with E-state index in [1.807, 2.05) is 24.3 Å². The average molecular weight is 504 g/mol. The number of nitriles is 1. The number of para-hydroxylation sites is 1. The Balaban J connectivity index is 1.62. The topological polar surface area (TPSA) is 122 Å². The number of nitrogens with zero attached hydrogens (tertiary/aromatic N) is 1. The van der Waals surface area contributed by atoms with Crippen LogP contribution in [0.5, 0.6) is 5.75 Å². The molecule has 0 aliphatic carbocycles. The van der Waals surface area contributed by atoms with Crippen LogP contribution in [-0.2, 0) is 33.9 Å². The minimum Gasteiger partial charge on any atom is -0.493 e. The molecule has 1 atom stereocenters. The summed E-state index contributed by atoms with van der Waals surface area (Å²) in [5.41, 5.74) is 2.58. The van der Waals surface area contributed by atoms with Crippen molar-refractivity contribution in [1.82, 2.24) is 0 Å². The number of hydrogen-bond donors (Lipinski definition) is 2. The largest absolute Gasteiger partial charge is 0.493 e. The molecule has 0 aromatic heterocycles. The Labute approximate surface area is 200 Å². The molecule has 0 fully saturated rings. The molecule has 3 aromatic carbocycles. The molecule has 10 heteroatoms. The fourth-order valence-electron chi connectivity index (χ4n) is 3.12. The van der Waals surface area contributed by atoms with Crippen LogP contribution in [0.1, 0.15) is 16.7 Å². The summed E-state index contributed by atoms with van der Waals surface area (Å²) in [4.78, 5) is -0.116. The predicted molar refractivity (Wildman–Crippen MR) is 130 cm³/mol. The highest BCUT2D eigenvalue weighted by molar-refractivity contribution is 7.89. The molecule has 0 radical (unpaired) electrons. The minimum atomic E-state index is -3.94. The quantitative estimate of drug-likeness (QED) is 0.435. The van der Waals surface area contributed by atoms with Crippen LogP contribution in [-0.4, -0.2) is 25.0 Å². The summed E-state index contributed by atoms with van der Waals surface area (Å²) in [6, 6.07) is 20.7. The van der Waals surface area contributed by atoms with Crippen LogP contribution in [0.2, 0.25) is 5.02 Å². The second-order valence-electron chi connectivity index (χ2n) is 7.11. The normalized spacial score (nSPS) is 12.0. The van der Waals surface area contributed by atoms with E-state index in [2.05, 4.69) is 10.8 Å². The molecule has 3 rings (SSSR count). The Bertz CT molecular complexity index is 1310. The van der Waals surface area contributed by atoms with Gasteiger partial charge in [-0.3, -0.25) is 0 Å². The van der Waals surface area contributed by atoms with Crippen molar-refractivity contribution < 1.29 is 17.4 Å². The molecule has 3 N–H and O–H groups in total. The molecule has 0 saturated heterocycles. The summed E-state index contributed by atoms with van der Waals surface area (Å²) < 4.78 is 44.7. The first-order valence-electron chi connectivity index (χ1n) is 9.93. The van der Waals surface area contributed by atoms with Crippen molar-refractivity contribution in [3.63, 3.8) is 0 Å². The summed E-state index contributed by atoms with van der Waals surface area (Å²) in [6.45, 7) is 0.380. The van der Waals surface area contributed by atoms with E-state index in [4.69, 9.17) is 26.7 Å². The Morgan fingerprint density at radius 3 is 2.61 bits per heavy atom. The average Bonchev–Trinajstić information content (AvgIpc) is 2.78. The summed E-state index contributed by atoms with van der Waals surface area (Å²) in [6.07, 6.45) is 1.02. The van der Waals surface area contributed by atoms with Gasteiger partial charge >= 0.3 is 0 Å². The number of sulfonamides is 1.